The monoisotopic (exact) mass is 225 g/mol. The molecule has 0 radical (unpaired) electrons. The Morgan fingerprint density at radius 2 is 2.13 bits per heavy atom. The van der Waals surface area contributed by atoms with Gasteiger partial charge in [-0.3, -0.25) is 10.1 Å². The fraction of sp³-hybridized carbons (Fsp3) is 0.300. The molecular formula is C10H12ClN3O. The van der Waals surface area contributed by atoms with E-state index in [4.69, 9.17) is 11.6 Å². The van der Waals surface area contributed by atoms with Gasteiger partial charge in [0.15, 0.2) is 0 Å². The highest BCUT2D eigenvalue weighted by Crippen LogP contribution is 2.09. The zero-order valence-electron chi connectivity index (χ0n) is 8.84. The molecule has 4 nitrogen and oxygen atoms in total. The van der Waals surface area contributed by atoms with Gasteiger partial charge in [0.1, 0.15) is 5.15 Å². The third-order valence-corrected chi connectivity index (χ3v) is 1.67. The lowest BCUT2D eigenvalue weighted by atomic mass is 10.3. The van der Waals surface area contributed by atoms with Gasteiger partial charge >= 0.3 is 0 Å². The first-order chi connectivity index (χ1) is 6.97. The van der Waals surface area contributed by atoms with Crippen molar-refractivity contribution in [3.05, 3.63) is 28.6 Å². The van der Waals surface area contributed by atoms with Crippen molar-refractivity contribution < 1.29 is 4.79 Å². The fourth-order valence-electron chi connectivity index (χ4n) is 0.995. The summed E-state index contributed by atoms with van der Waals surface area (Å²) in [7, 11) is 0. The topological polar surface area (TPSA) is 54.9 Å². The highest BCUT2D eigenvalue weighted by Gasteiger charge is 2.03. The molecule has 0 fully saturated rings. The van der Waals surface area contributed by atoms with Crippen LogP contribution in [0.15, 0.2) is 17.7 Å². The lowest BCUT2D eigenvalue weighted by molar-refractivity contribution is -0.112. The third-order valence-electron chi connectivity index (χ3n) is 1.48. The molecule has 0 aliphatic rings. The van der Waals surface area contributed by atoms with E-state index in [-0.39, 0.29) is 11.9 Å². The molecule has 0 bridgehead atoms. The minimum absolute atomic E-state index is 0.225. The first kappa shape index (κ1) is 11.7. The van der Waals surface area contributed by atoms with Crippen LogP contribution in [0.1, 0.15) is 19.5 Å². The molecule has 1 aromatic heterocycles. The molecule has 0 spiro atoms. The number of hydrogen-bond donors (Lipinski definition) is 1. The van der Waals surface area contributed by atoms with Gasteiger partial charge in [-0.25, -0.2) is 9.97 Å². The number of anilines is 1. The second-order valence-corrected chi connectivity index (χ2v) is 3.75. The highest BCUT2D eigenvalue weighted by molar-refractivity contribution is 6.29. The van der Waals surface area contributed by atoms with Crippen molar-refractivity contribution in [2.45, 2.75) is 20.8 Å². The number of nitrogens with one attached hydrogen (secondary N) is 1. The zero-order valence-corrected chi connectivity index (χ0v) is 9.59. The molecule has 1 aromatic rings. The Kier molecular flexibility index (Phi) is 3.80. The summed E-state index contributed by atoms with van der Waals surface area (Å²) in [4.78, 5) is 19.2. The van der Waals surface area contributed by atoms with Crippen molar-refractivity contribution in [1.82, 2.24) is 9.97 Å². The van der Waals surface area contributed by atoms with Gasteiger partial charge in [0.05, 0.1) is 0 Å². The smallest absolute Gasteiger partial charge is 0.250 e. The normalized spacial score (nSPS) is 9.60. The van der Waals surface area contributed by atoms with Gasteiger partial charge in [-0.05, 0) is 26.8 Å². The van der Waals surface area contributed by atoms with Gasteiger partial charge in [0.25, 0.3) is 5.91 Å². The van der Waals surface area contributed by atoms with Gasteiger partial charge in [-0.1, -0.05) is 17.2 Å². The lowest BCUT2D eigenvalue weighted by Crippen LogP contribution is -2.11. The molecular weight excluding hydrogens is 214 g/mol. The molecule has 0 atom stereocenters. The molecule has 0 saturated heterocycles. The molecule has 1 rings (SSSR count). The molecule has 80 valence electrons. The Balaban J connectivity index is 2.81. The van der Waals surface area contributed by atoms with Gasteiger partial charge in [0.2, 0.25) is 5.95 Å². The van der Waals surface area contributed by atoms with E-state index < -0.39 is 0 Å². The Bertz CT molecular complexity index is 391. The van der Waals surface area contributed by atoms with E-state index in [0.717, 1.165) is 5.57 Å². The van der Waals surface area contributed by atoms with Crippen molar-refractivity contribution in [3.63, 3.8) is 0 Å². The van der Waals surface area contributed by atoms with E-state index in [1.165, 1.54) is 6.08 Å². The standard InChI is InChI=1S/C10H12ClN3O/c1-6(2)4-9(15)14-10-12-7(3)5-8(11)13-10/h4-5H,1-3H3,(H,12,13,14,15). The van der Waals surface area contributed by atoms with E-state index >= 15 is 0 Å². The molecule has 0 aliphatic heterocycles. The maximum absolute atomic E-state index is 11.3. The van der Waals surface area contributed by atoms with Crippen molar-refractivity contribution in [3.8, 4) is 0 Å². The predicted molar refractivity (Wildman–Crippen MR) is 59.8 cm³/mol. The largest absolute Gasteiger partial charge is 0.291 e. The van der Waals surface area contributed by atoms with Crippen LogP contribution in [-0.4, -0.2) is 15.9 Å². The Hall–Kier alpha value is -1.42. The van der Waals surface area contributed by atoms with Crippen LogP contribution in [0, 0.1) is 6.92 Å². The number of rotatable bonds is 2. The number of hydrogen-bond acceptors (Lipinski definition) is 3. The van der Waals surface area contributed by atoms with E-state index in [1.54, 1.807) is 13.0 Å². The molecule has 0 aromatic carbocycles. The number of amides is 1. The van der Waals surface area contributed by atoms with E-state index in [9.17, 15) is 4.79 Å². The van der Waals surface area contributed by atoms with Crippen LogP contribution >= 0.6 is 11.6 Å². The molecule has 0 unspecified atom stereocenters. The molecule has 1 N–H and O–H groups in total. The van der Waals surface area contributed by atoms with Crippen LogP contribution in [0.5, 0.6) is 0 Å². The van der Waals surface area contributed by atoms with Crippen LogP contribution in [0.25, 0.3) is 0 Å². The summed E-state index contributed by atoms with van der Waals surface area (Å²) >= 11 is 5.72. The number of nitrogens with zero attached hydrogens (tertiary/aromatic N) is 2. The Morgan fingerprint density at radius 1 is 1.47 bits per heavy atom. The summed E-state index contributed by atoms with van der Waals surface area (Å²) in [5.74, 6) is -0.0285. The first-order valence-electron chi connectivity index (χ1n) is 4.44. The minimum atomic E-state index is -0.253. The van der Waals surface area contributed by atoms with Crippen molar-refractivity contribution in [1.29, 1.82) is 0 Å². The maximum atomic E-state index is 11.3. The highest BCUT2D eigenvalue weighted by atomic mass is 35.5. The minimum Gasteiger partial charge on any atom is -0.291 e. The number of allylic oxidation sites excluding steroid dienone is 1. The van der Waals surface area contributed by atoms with Crippen molar-refractivity contribution in [2.24, 2.45) is 0 Å². The average molecular weight is 226 g/mol. The van der Waals surface area contributed by atoms with Gasteiger partial charge in [-0.2, -0.15) is 0 Å². The van der Waals surface area contributed by atoms with Crippen LogP contribution in [-0.2, 0) is 4.79 Å². The van der Waals surface area contributed by atoms with Crippen LogP contribution in [0.4, 0.5) is 5.95 Å². The molecule has 5 heteroatoms. The summed E-state index contributed by atoms with van der Waals surface area (Å²) in [6.07, 6.45) is 1.47. The maximum Gasteiger partial charge on any atom is 0.250 e. The summed E-state index contributed by atoms with van der Waals surface area (Å²) in [5.41, 5.74) is 1.62. The lowest BCUT2D eigenvalue weighted by Gasteiger charge is -2.02. The number of aromatic nitrogens is 2. The first-order valence-corrected chi connectivity index (χ1v) is 4.82. The number of halogens is 1. The van der Waals surface area contributed by atoms with Crippen LogP contribution in [0.2, 0.25) is 5.15 Å². The fourth-order valence-corrected chi connectivity index (χ4v) is 1.23. The average Bonchev–Trinajstić information content (AvgIpc) is 1.98. The number of carbonyl (C=O) groups is 1. The molecule has 1 amide bonds. The van der Waals surface area contributed by atoms with E-state index in [0.29, 0.717) is 10.8 Å². The SMILES string of the molecule is CC(C)=CC(=O)Nc1nc(C)cc(Cl)n1. The van der Waals surface area contributed by atoms with Crippen LogP contribution in [0.3, 0.4) is 0 Å². The van der Waals surface area contributed by atoms with Gasteiger partial charge in [0, 0.05) is 11.8 Å². The Morgan fingerprint density at radius 3 is 2.67 bits per heavy atom. The zero-order chi connectivity index (χ0) is 11.4. The van der Waals surface area contributed by atoms with Gasteiger partial charge < -0.3 is 0 Å². The van der Waals surface area contributed by atoms with Gasteiger partial charge in [-0.15, -0.1) is 0 Å². The van der Waals surface area contributed by atoms with Crippen molar-refractivity contribution in [2.75, 3.05) is 5.32 Å². The molecule has 1 heterocycles. The summed E-state index contributed by atoms with van der Waals surface area (Å²) in [6, 6.07) is 1.62. The van der Waals surface area contributed by atoms with Crippen molar-refractivity contribution >= 4 is 23.5 Å². The van der Waals surface area contributed by atoms with E-state index in [1.807, 2.05) is 13.8 Å². The third kappa shape index (κ3) is 4.08. The molecule has 0 saturated carbocycles. The summed E-state index contributed by atoms with van der Waals surface area (Å²) in [6.45, 7) is 5.46. The number of carbonyl (C=O) groups excluding carboxylic acids is 1. The van der Waals surface area contributed by atoms with E-state index in [2.05, 4.69) is 15.3 Å². The summed E-state index contributed by atoms with van der Waals surface area (Å²) < 4.78 is 0. The number of aryl methyl sites for hydroxylation is 1. The van der Waals surface area contributed by atoms with Crippen LogP contribution < -0.4 is 5.32 Å². The Labute approximate surface area is 93.4 Å². The predicted octanol–water partition coefficient (Wildman–Crippen LogP) is 2.34. The quantitative estimate of drug-likeness (QED) is 0.621. The summed E-state index contributed by atoms with van der Waals surface area (Å²) in [5, 5.41) is 2.85. The molecule has 0 aliphatic carbocycles. The molecule has 15 heavy (non-hydrogen) atoms. The second kappa shape index (κ2) is 4.89. The second-order valence-electron chi connectivity index (χ2n) is 3.37.